The van der Waals surface area contributed by atoms with Crippen LogP contribution in [0.1, 0.15) is 24.8 Å². The van der Waals surface area contributed by atoms with Crippen LogP contribution in [0.4, 0.5) is 5.13 Å². The fourth-order valence-corrected chi connectivity index (χ4v) is 6.28. The number of nitrogens with zero attached hydrogens (tertiary/aromatic N) is 4. The summed E-state index contributed by atoms with van der Waals surface area (Å²) < 4.78 is 52.9. The Labute approximate surface area is 186 Å². The van der Waals surface area contributed by atoms with E-state index in [1.807, 2.05) is 6.92 Å². The number of carbonyl (C=O) groups excluding carboxylic acids is 1. The van der Waals surface area contributed by atoms with Gasteiger partial charge in [-0.05, 0) is 43.5 Å². The lowest BCUT2D eigenvalue weighted by Crippen LogP contribution is -2.43. The third kappa shape index (κ3) is 5.12. The van der Waals surface area contributed by atoms with Gasteiger partial charge in [0.05, 0.1) is 15.7 Å². The van der Waals surface area contributed by atoms with Crippen molar-refractivity contribution in [2.75, 3.05) is 32.5 Å². The maximum Gasteiger partial charge on any atom is 0.243 e. The zero-order valence-corrected chi connectivity index (χ0v) is 19.9. The molecule has 0 aliphatic carbocycles. The van der Waals surface area contributed by atoms with Crippen molar-refractivity contribution in [2.45, 2.75) is 36.0 Å². The first-order valence-electron chi connectivity index (χ1n) is 9.71. The van der Waals surface area contributed by atoms with Crippen LogP contribution in [0.2, 0.25) is 0 Å². The number of aromatic nitrogens is 2. The van der Waals surface area contributed by atoms with Gasteiger partial charge in [0.25, 0.3) is 0 Å². The van der Waals surface area contributed by atoms with E-state index in [1.54, 1.807) is 0 Å². The molecule has 0 radical (unpaired) electrons. The standard InChI is InChI=1S/C18H25N5O5S3/c1-4-16-20-21-18(29-16)19-17(24)13-6-5-11-23(12-13)31(27,28)15-9-7-14(8-10-15)30(25,26)22(2)3/h7-10,13H,4-6,11-12H2,1-3H3,(H,19,21,24). The second kappa shape index (κ2) is 9.28. The van der Waals surface area contributed by atoms with Crippen LogP contribution < -0.4 is 5.32 Å². The monoisotopic (exact) mass is 487 g/mol. The summed E-state index contributed by atoms with van der Waals surface area (Å²) in [6.45, 7) is 2.28. The van der Waals surface area contributed by atoms with E-state index in [4.69, 9.17) is 0 Å². The van der Waals surface area contributed by atoms with E-state index >= 15 is 0 Å². The van der Waals surface area contributed by atoms with E-state index in [0.29, 0.717) is 24.5 Å². The van der Waals surface area contributed by atoms with Crippen LogP contribution in [0, 0.1) is 5.92 Å². The molecule has 0 spiro atoms. The van der Waals surface area contributed by atoms with Crippen molar-refractivity contribution in [1.29, 1.82) is 0 Å². The second-order valence-electron chi connectivity index (χ2n) is 7.30. The largest absolute Gasteiger partial charge is 0.300 e. The van der Waals surface area contributed by atoms with Crippen LogP contribution in [0.5, 0.6) is 0 Å². The van der Waals surface area contributed by atoms with E-state index in [9.17, 15) is 21.6 Å². The third-order valence-corrected chi connectivity index (χ3v) is 9.69. The van der Waals surface area contributed by atoms with Crippen LogP contribution in [0.15, 0.2) is 34.1 Å². The summed E-state index contributed by atoms with van der Waals surface area (Å²) in [4.78, 5) is 12.6. The average molecular weight is 488 g/mol. The molecule has 1 atom stereocenters. The minimum atomic E-state index is -3.86. The number of benzene rings is 1. The predicted molar refractivity (Wildman–Crippen MR) is 117 cm³/mol. The SMILES string of the molecule is CCc1nnc(NC(=O)C2CCCN(S(=O)(=O)c3ccc(S(=O)(=O)N(C)C)cc3)C2)s1. The molecule has 10 nitrogen and oxygen atoms in total. The topological polar surface area (TPSA) is 130 Å². The lowest BCUT2D eigenvalue weighted by atomic mass is 9.99. The number of hydrogen-bond acceptors (Lipinski definition) is 8. The fourth-order valence-electron chi connectivity index (χ4n) is 3.17. The van der Waals surface area contributed by atoms with Gasteiger partial charge in [-0.25, -0.2) is 21.1 Å². The molecule has 0 saturated carbocycles. The molecule has 2 heterocycles. The number of hydrogen-bond donors (Lipinski definition) is 1. The zero-order chi connectivity index (χ0) is 22.8. The van der Waals surface area contributed by atoms with Crippen LogP contribution in [0.3, 0.4) is 0 Å². The summed E-state index contributed by atoms with van der Waals surface area (Å²) in [7, 11) is -4.70. The number of sulfonamides is 2. The van der Waals surface area contributed by atoms with Gasteiger partial charge in [0, 0.05) is 27.2 Å². The molecule has 170 valence electrons. The highest BCUT2D eigenvalue weighted by molar-refractivity contribution is 7.89. The van der Waals surface area contributed by atoms with Crippen molar-refractivity contribution in [2.24, 2.45) is 5.92 Å². The van der Waals surface area contributed by atoms with E-state index in [0.717, 1.165) is 15.7 Å². The highest BCUT2D eigenvalue weighted by atomic mass is 32.2. The predicted octanol–water partition coefficient (Wildman–Crippen LogP) is 1.39. The average Bonchev–Trinajstić information content (AvgIpc) is 3.21. The Hall–Kier alpha value is -1.93. The molecular weight excluding hydrogens is 462 g/mol. The summed E-state index contributed by atoms with van der Waals surface area (Å²) in [5.74, 6) is -0.794. The van der Waals surface area contributed by atoms with Gasteiger partial charge in [0.2, 0.25) is 31.1 Å². The molecule has 31 heavy (non-hydrogen) atoms. The van der Waals surface area contributed by atoms with E-state index < -0.39 is 26.0 Å². The van der Waals surface area contributed by atoms with Crippen LogP contribution in [0.25, 0.3) is 0 Å². The molecule has 1 aromatic carbocycles. The number of anilines is 1. The summed E-state index contributed by atoms with van der Waals surface area (Å²) in [5.41, 5.74) is 0. The van der Waals surface area contributed by atoms with Gasteiger partial charge in [0.1, 0.15) is 5.01 Å². The fraction of sp³-hybridized carbons (Fsp3) is 0.500. The first-order chi connectivity index (χ1) is 14.6. The minimum Gasteiger partial charge on any atom is -0.300 e. The first-order valence-corrected chi connectivity index (χ1v) is 13.4. The summed E-state index contributed by atoms with van der Waals surface area (Å²) in [5, 5.41) is 11.8. The lowest BCUT2D eigenvalue weighted by Gasteiger charge is -2.31. The van der Waals surface area contributed by atoms with Crippen LogP contribution >= 0.6 is 11.3 Å². The Bertz CT molecular complexity index is 1140. The molecule has 1 aromatic heterocycles. The third-order valence-electron chi connectivity index (χ3n) is 4.99. The van der Waals surface area contributed by atoms with Crippen molar-refractivity contribution in [1.82, 2.24) is 18.8 Å². The second-order valence-corrected chi connectivity index (χ2v) is 12.5. The number of nitrogens with one attached hydrogen (secondary N) is 1. The molecule has 1 unspecified atom stereocenters. The molecule has 1 aliphatic rings. The number of amides is 1. The number of rotatable bonds is 7. The van der Waals surface area contributed by atoms with Gasteiger partial charge in [0.15, 0.2) is 0 Å². The van der Waals surface area contributed by atoms with Crippen molar-refractivity contribution in [3.63, 3.8) is 0 Å². The zero-order valence-electron chi connectivity index (χ0n) is 17.5. The van der Waals surface area contributed by atoms with Crippen LogP contribution in [-0.4, -0.2) is 68.7 Å². The molecule has 1 aliphatic heterocycles. The molecule has 1 saturated heterocycles. The van der Waals surface area contributed by atoms with Gasteiger partial charge in [-0.2, -0.15) is 4.31 Å². The Morgan fingerprint density at radius 3 is 2.39 bits per heavy atom. The normalized spacial score (nSPS) is 18.3. The van der Waals surface area contributed by atoms with Gasteiger partial charge in [-0.1, -0.05) is 18.3 Å². The Kier molecular flexibility index (Phi) is 7.11. The van der Waals surface area contributed by atoms with E-state index in [-0.39, 0.29) is 22.2 Å². The Balaban J connectivity index is 1.73. The smallest absolute Gasteiger partial charge is 0.243 e. The maximum atomic E-state index is 13.1. The van der Waals surface area contributed by atoms with Crippen molar-refractivity contribution in [3.05, 3.63) is 29.3 Å². The maximum absolute atomic E-state index is 13.1. The first kappa shape index (κ1) is 23.7. The molecule has 3 rings (SSSR count). The summed E-state index contributed by atoms with van der Waals surface area (Å²) in [6, 6.07) is 5.11. The van der Waals surface area contributed by atoms with Gasteiger partial charge in [-0.3, -0.25) is 4.79 Å². The quantitative estimate of drug-likeness (QED) is 0.625. The van der Waals surface area contributed by atoms with Crippen molar-refractivity contribution < 1.29 is 21.6 Å². The highest BCUT2D eigenvalue weighted by Gasteiger charge is 2.34. The van der Waals surface area contributed by atoms with Crippen LogP contribution in [-0.2, 0) is 31.3 Å². The molecule has 13 heteroatoms. The Morgan fingerprint density at radius 1 is 1.16 bits per heavy atom. The summed E-state index contributed by atoms with van der Waals surface area (Å²) >= 11 is 1.30. The van der Waals surface area contributed by atoms with Crippen molar-refractivity contribution in [3.8, 4) is 0 Å². The molecule has 1 amide bonds. The summed E-state index contributed by atoms with van der Waals surface area (Å²) in [6.07, 6.45) is 1.83. The lowest BCUT2D eigenvalue weighted by molar-refractivity contribution is -0.120. The van der Waals surface area contributed by atoms with E-state index in [1.165, 1.54) is 54.0 Å². The van der Waals surface area contributed by atoms with E-state index in [2.05, 4.69) is 15.5 Å². The molecular formula is C18H25N5O5S3. The number of piperidine rings is 1. The molecule has 0 bridgehead atoms. The molecule has 1 fully saturated rings. The minimum absolute atomic E-state index is 0.0101. The Morgan fingerprint density at radius 2 is 1.81 bits per heavy atom. The number of carbonyl (C=O) groups is 1. The van der Waals surface area contributed by atoms with Gasteiger partial charge >= 0.3 is 0 Å². The molecule has 2 aromatic rings. The number of aryl methyl sites for hydroxylation is 1. The highest BCUT2D eigenvalue weighted by Crippen LogP contribution is 2.26. The molecule has 1 N–H and O–H groups in total. The van der Waals surface area contributed by atoms with Crippen molar-refractivity contribution >= 4 is 42.4 Å². The van der Waals surface area contributed by atoms with Gasteiger partial charge < -0.3 is 5.32 Å². The van der Waals surface area contributed by atoms with Gasteiger partial charge in [-0.15, -0.1) is 10.2 Å².